The summed E-state index contributed by atoms with van der Waals surface area (Å²) < 4.78 is 10.7. The molecule has 3 N–H and O–H groups in total. The molecule has 0 heterocycles. The summed E-state index contributed by atoms with van der Waals surface area (Å²) in [7, 11) is 0. The normalized spacial score (nSPS) is 12.0. The smallest absolute Gasteiger partial charge is 0.408 e. The number of amides is 2. The topological polar surface area (TPSA) is 125 Å². The van der Waals surface area contributed by atoms with Crippen molar-refractivity contribution in [1.82, 2.24) is 5.32 Å². The van der Waals surface area contributed by atoms with Crippen molar-refractivity contribution >= 4 is 39.7 Å². The molecule has 1 aromatic carbocycles. The van der Waals surface area contributed by atoms with Crippen molar-refractivity contribution in [3.8, 4) is 0 Å². The summed E-state index contributed by atoms with van der Waals surface area (Å²) in [6.45, 7) is 4.40. The number of benzene rings is 1. The third kappa shape index (κ3) is 8.11. The molecule has 0 saturated carbocycles. The maximum atomic E-state index is 12.1. The summed E-state index contributed by atoms with van der Waals surface area (Å²) in [5.41, 5.74) is 4.65. The van der Waals surface area contributed by atoms with Crippen LogP contribution in [0.15, 0.2) is 28.7 Å². The highest BCUT2D eigenvalue weighted by atomic mass is 79.9. The number of ether oxygens (including phenoxy) is 2. The molecule has 0 bridgehead atoms. The number of hydrogen-bond acceptors (Lipinski definition) is 6. The fourth-order valence-electron chi connectivity index (χ4n) is 1.80. The third-order valence-corrected chi connectivity index (χ3v) is 3.42. The molecule has 0 fully saturated rings. The second-order valence-corrected chi connectivity index (χ2v) is 7.32. The summed E-state index contributed by atoms with van der Waals surface area (Å²) in [6.07, 6.45) is -1.38. The second kappa shape index (κ2) is 9.33. The molecular weight excluding hydrogens is 408 g/mol. The minimum Gasteiger partial charge on any atom is -0.456 e. The predicted molar refractivity (Wildman–Crippen MR) is 96.4 cm³/mol. The van der Waals surface area contributed by atoms with Crippen LogP contribution in [-0.4, -0.2) is 42.0 Å². The standard InChI is InChI=1S/C17H21BrN2O6/c1-17(2,3)26-16(24)20-12(8-14(19)22)15(23)25-9-13(21)10-4-6-11(18)7-5-10/h4-7,12H,8-9H2,1-3H3,(H2,19,22)(H,20,24)/t12-/m1/s1. The zero-order valence-corrected chi connectivity index (χ0v) is 16.3. The number of nitrogens with one attached hydrogen (secondary N) is 1. The van der Waals surface area contributed by atoms with Crippen LogP contribution >= 0.6 is 15.9 Å². The van der Waals surface area contributed by atoms with E-state index in [0.717, 1.165) is 4.47 Å². The highest BCUT2D eigenvalue weighted by molar-refractivity contribution is 9.10. The van der Waals surface area contributed by atoms with Crippen molar-refractivity contribution < 1.29 is 28.7 Å². The van der Waals surface area contributed by atoms with Gasteiger partial charge in [0.1, 0.15) is 11.6 Å². The number of carbonyl (C=O) groups is 4. The number of rotatable bonds is 7. The van der Waals surface area contributed by atoms with E-state index in [1.165, 1.54) is 0 Å². The molecule has 0 unspecified atom stereocenters. The van der Waals surface area contributed by atoms with Crippen LogP contribution in [0.5, 0.6) is 0 Å². The molecular formula is C17H21BrN2O6. The van der Waals surface area contributed by atoms with Crippen LogP contribution in [0.3, 0.4) is 0 Å². The van der Waals surface area contributed by atoms with E-state index in [2.05, 4.69) is 21.2 Å². The summed E-state index contributed by atoms with van der Waals surface area (Å²) in [5, 5.41) is 2.22. The van der Waals surface area contributed by atoms with E-state index in [0.29, 0.717) is 5.56 Å². The van der Waals surface area contributed by atoms with E-state index in [-0.39, 0.29) is 0 Å². The minimum absolute atomic E-state index is 0.354. The van der Waals surface area contributed by atoms with E-state index in [9.17, 15) is 19.2 Å². The van der Waals surface area contributed by atoms with Gasteiger partial charge in [-0.3, -0.25) is 9.59 Å². The average Bonchev–Trinajstić information content (AvgIpc) is 2.50. The maximum Gasteiger partial charge on any atom is 0.408 e. The molecule has 26 heavy (non-hydrogen) atoms. The van der Waals surface area contributed by atoms with Gasteiger partial charge < -0.3 is 20.5 Å². The van der Waals surface area contributed by atoms with Crippen LogP contribution in [0.1, 0.15) is 37.6 Å². The van der Waals surface area contributed by atoms with Gasteiger partial charge in [0.25, 0.3) is 0 Å². The molecule has 1 aromatic rings. The van der Waals surface area contributed by atoms with Gasteiger partial charge in [0.2, 0.25) is 5.91 Å². The zero-order valence-electron chi connectivity index (χ0n) is 14.7. The Morgan fingerprint density at radius 2 is 1.73 bits per heavy atom. The Hall–Kier alpha value is -2.42. The predicted octanol–water partition coefficient (Wildman–Crippen LogP) is 1.94. The number of Topliss-reactive ketones (excluding diaryl/α,β-unsaturated/α-hetero) is 1. The van der Waals surface area contributed by atoms with Crippen LogP contribution < -0.4 is 11.1 Å². The summed E-state index contributed by atoms with van der Waals surface area (Å²) in [6, 6.07) is 5.14. The van der Waals surface area contributed by atoms with Crippen LogP contribution in [0.4, 0.5) is 4.79 Å². The number of hydrogen-bond donors (Lipinski definition) is 2. The Morgan fingerprint density at radius 3 is 2.23 bits per heavy atom. The van der Waals surface area contributed by atoms with Gasteiger partial charge >= 0.3 is 12.1 Å². The summed E-state index contributed by atoms with van der Waals surface area (Å²) in [4.78, 5) is 47.0. The van der Waals surface area contributed by atoms with E-state index >= 15 is 0 Å². The van der Waals surface area contributed by atoms with Crippen molar-refractivity contribution in [3.63, 3.8) is 0 Å². The highest BCUT2D eigenvalue weighted by Crippen LogP contribution is 2.11. The van der Waals surface area contributed by atoms with E-state index in [4.69, 9.17) is 15.2 Å². The van der Waals surface area contributed by atoms with E-state index in [1.54, 1.807) is 45.0 Å². The van der Waals surface area contributed by atoms with E-state index in [1.807, 2.05) is 0 Å². The lowest BCUT2D eigenvalue weighted by molar-refractivity contribution is -0.146. The molecule has 0 aliphatic carbocycles. The first kappa shape index (κ1) is 21.6. The van der Waals surface area contributed by atoms with Crippen molar-refractivity contribution in [2.45, 2.75) is 38.8 Å². The molecule has 9 heteroatoms. The average molecular weight is 429 g/mol. The number of halogens is 1. The lowest BCUT2D eigenvalue weighted by atomic mass is 10.1. The molecule has 142 valence electrons. The fraction of sp³-hybridized carbons (Fsp3) is 0.412. The Morgan fingerprint density at radius 1 is 1.15 bits per heavy atom. The Bertz CT molecular complexity index is 681. The van der Waals surface area contributed by atoms with Gasteiger partial charge in [-0.05, 0) is 32.9 Å². The summed E-state index contributed by atoms with van der Waals surface area (Å²) >= 11 is 3.25. The van der Waals surface area contributed by atoms with Gasteiger partial charge in [-0.2, -0.15) is 0 Å². The number of esters is 1. The number of nitrogens with two attached hydrogens (primary N) is 1. The zero-order chi connectivity index (χ0) is 19.9. The summed E-state index contributed by atoms with van der Waals surface area (Å²) in [5.74, 6) is -2.21. The largest absolute Gasteiger partial charge is 0.456 e. The molecule has 2 amide bonds. The molecule has 0 saturated heterocycles. The molecule has 0 spiro atoms. The van der Waals surface area contributed by atoms with Gasteiger partial charge in [0, 0.05) is 10.0 Å². The number of primary amides is 1. The fourth-order valence-corrected chi connectivity index (χ4v) is 2.07. The van der Waals surface area contributed by atoms with Crippen molar-refractivity contribution in [1.29, 1.82) is 0 Å². The van der Waals surface area contributed by atoms with Crippen molar-refractivity contribution in [3.05, 3.63) is 34.3 Å². The van der Waals surface area contributed by atoms with Gasteiger partial charge in [0.05, 0.1) is 6.42 Å². The first-order chi connectivity index (χ1) is 12.0. The monoisotopic (exact) mass is 428 g/mol. The van der Waals surface area contributed by atoms with Crippen molar-refractivity contribution in [2.75, 3.05) is 6.61 Å². The molecule has 1 atom stereocenters. The number of alkyl carbamates (subject to hydrolysis) is 1. The van der Waals surface area contributed by atoms with Gasteiger partial charge in [-0.1, -0.05) is 28.1 Å². The molecule has 0 aliphatic heterocycles. The number of ketones is 1. The molecule has 0 aliphatic rings. The number of carbonyl (C=O) groups excluding carboxylic acids is 4. The SMILES string of the molecule is CC(C)(C)OC(=O)N[C@H](CC(N)=O)C(=O)OCC(=O)c1ccc(Br)cc1. The maximum absolute atomic E-state index is 12.1. The van der Waals surface area contributed by atoms with Crippen LogP contribution in [-0.2, 0) is 19.1 Å². The highest BCUT2D eigenvalue weighted by Gasteiger charge is 2.27. The second-order valence-electron chi connectivity index (χ2n) is 6.41. The minimum atomic E-state index is -1.35. The molecule has 0 radical (unpaired) electrons. The van der Waals surface area contributed by atoms with Gasteiger partial charge in [-0.25, -0.2) is 9.59 Å². The van der Waals surface area contributed by atoms with Crippen LogP contribution in [0.2, 0.25) is 0 Å². The molecule has 0 aromatic heterocycles. The third-order valence-electron chi connectivity index (χ3n) is 2.89. The van der Waals surface area contributed by atoms with Gasteiger partial charge in [0.15, 0.2) is 12.4 Å². The van der Waals surface area contributed by atoms with E-state index < -0.39 is 48.4 Å². The lowest BCUT2D eigenvalue weighted by Crippen LogP contribution is -2.46. The Labute approximate surface area is 159 Å². The Kier molecular flexibility index (Phi) is 7.76. The van der Waals surface area contributed by atoms with Crippen LogP contribution in [0, 0.1) is 0 Å². The van der Waals surface area contributed by atoms with Crippen molar-refractivity contribution in [2.24, 2.45) is 5.73 Å². The molecule has 8 nitrogen and oxygen atoms in total. The van der Waals surface area contributed by atoms with Crippen LogP contribution in [0.25, 0.3) is 0 Å². The quantitative estimate of drug-likeness (QED) is 0.504. The first-order valence-electron chi connectivity index (χ1n) is 7.71. The lowest BCUT2D eigenvalue weighted by Gasteiger charge is -2.22. The van der Waals surface area contributed by atoms with Gasteiger partial charge in [-0.15, -0.1) is 0 Å². The molecule has 1 rings (SSSR count). The first-order valence-corrected chi connectivity index (χ1v) is 8.50. The Balaban J connectivity index is 2.67.